The first kappa shape index (κ1) is 24.9. The molecule has 174 valence electrons. The summed E-state index contributed by atoms with van der Waals surface area (Å²) in [5, 5.41) is 3.46. The Labute approximate surface area is 203 Å². The fourth-order valence-electron chi connectivity index (χ4n) is 3.41. The van der Waals surface area contributed by atoms with Crippen molar-refractivity contribution in [3.05, 3.63) is 40.0 Å². The van der Waals surface area contributed by atoms with Crippen LogP contribution in [-0.2, 0) is 4.79 Å². The molecule has 0 spiro atoms. The first-order chi connectivity index (χ1) is 15.3. The van der Waals surface area contributed by atoms with Crippen LogP contribution in [0.4, 0.5) is 5.69 Å². The van der Waals surface area contributed by atoms with Crippen molar-refractivity contribution in [2.75, 3.05) is 51.4 Å². The minimum Gasteiger partial charge on any atom is -0.481 e. The van der Waals surface area contributed by atoms with Crippen molar-refractivity contribution in [3.63, 3.8) is 0 Å². The highest BCUT2D eigenvalue weighted by Crippen LogP contribution is 2.40. The number of hydrogen-bond donors (Lipinski definition) is 1. The van der Waals surface area contributed by atoms with Gasteiger partial charge in [0.1, 0.15) is 5.75 Å². The second-order valence-electron chi connectivity index (χ2n) is 7.73. The van der Waals surface area contributed by atoms with E-state index < -0.39 is 0 Å². The topological polar surface area (TPSA) is 66.9 Å². The molecular formula is C22H28Cl2N4O3S. The van der Waals surface area contributed by atoms with Gasteiger partial charge < -0.3 is 14.8 Å². The van der Waals surface area contributed by atoms with Crippen LogP contribution in [0.2, 0.25) is 10.0 Å². The van der Waals surface area contributed by atoms with Gasteiger partial charge in [0.25, 0.3) is 0 Å². The number of carbonyl (C=O) groups is 1. The Morgan fingerprint density at radius 3 is 2.41 bits per heavy atom. The smallest absolute Gasteiger partial charge is 0.238 e. The molecule has 0 aliphatic carbocycles. The summed E-state index contributed by atoms with van der Waals surface area (Å²) in [6.45, 7) is 8.01. The number of benzene rings is 1. The first-order valence-corrected chi connectivity index (χ1v) is 12.3. The Bertz CT molecular complexity index is 930. The number of carbonyl (C=O) groups excluding carboxylic acids is 1. The van der Waals surface area contributed by atoms with E-state index in [-0.39, 0.29) is 11.8 Å². The molecule has 1 aromatic heterocycles. The summed E-state index contributed by atoms with van der Waals surface area (Å²) in [6, 6.07) is 5.12. The molecule has 32 heavy (non-hydrogen) atoms. The minimum atomic E-state index is -0.107. The van der Waals surface area contributed by atoms with Crippen molar-refractivity contribution in [2.45, 2.75) is 19.8 Å². The van der Waals surface area contributed by atoms with Gasteiger partial charge in [0.05, 0.1) is 29.9 Å². The summed E-state index contributed by atoms with van der Waals surface area (Å²) in [5.41, 5.74) is 1.44. The van der Waals surface area contributed by atoms with Crippen LogP contribution in [0.1, 0.15) is 25.3 Å². The van der Waals surface area contributed by atoms with Gasteiger partial charge in [-0.15, -0.1) is 0 Å². The van der Waals surface area contributed by atoms with E-state index >= 15 is 0 Å². The zero-order chi connectivity index (χ0) is 23.3. The third kappa shape index (κ3) is 6.42. The Balaban J connectivity index is 1.66. The molecule has 0 bridgehead atoms. The fraction of sp³-hybridized carbons (Fsp3) is 0.455. The number of pyridine rings is 1. The second-order valence-corrected chi connectivity index (χ2v) is 9.43. The van der Waals surface area contributed by atoms with Gasteiger partial charge in [0, 0.05) is 37.4 Å². The predicted molar refractivity (Wildman–Crippen MR) is 132 cm³/mol. The summed E-state index contributed by atoms with van der Waals surface area (Å²) >= 11 is 14.6. The molecule has 1 aliphatic heterocycles. The van der Waals surface area contributed by atoms with Gasteiger partial charge in [-0.2, -0.15) is 0 Å². The van der Waals surface area contributed by atoms with Gasteiger partial charge in [-0.3, -0.25) is 9.69 Å². The highest BCUT2D eigenvalue weighted by molar-refractivity contribution is 7.96. The third-order valence-electron chi connectivity index (χ3n) is 5.13. The highest BCUT2D eigenvalue weighted by Gasteiger charge is 2.19. The number of nitrogens with one attached hydrogen (secondary N) is 1. The lowest BCUT2D eigenvalue weighted by atomic mass is 10.1. The molecule has 1 saturated heterocycles. The molecule has 0 atom stereocenters. The van der Waals surface area contributed by atoms with Crippen LogP contribution >= 0.6 is 35.1 Å². The number of amides is 1. The minimum absolute atomic E-state index is 0.107. The van der Waals surface area contributed by atoms with Gasteiger partial charge >= 0.3 is 0 Å². The Hall–Kier alpha value is -1.71. The van der Waals surface area contributed by atoms with Crippen molar-refractivity contribution in [3.8, 4) is 17.4 Å². The number of piperazine rings is 1. The molecule has 1 aliphatic rings. The second kappa shape index (κ2) is 11.4. The van der Waals surface area contributed by atoms with Crippen LogP contribution < -0.4 is 14.8 Å². The third-order valence-corrected chi connectivity index (χ3v) is 6.57. The van der Waals surface area contributed by atoms with Gasteiger partial charge in [-0.1, -0.05) is 49.0 Å². The molecule has 0 radical (unpaired) electrons. The summed E-state index contributed by atoms with van der Waals surface area (Å²) in [5.74, 6) is 1.45. The zero-order valence-electron chi connectivity index (χ0n) is 18.7. The monoisotopic (exact) mass is 498 g/mol. The Morgan fingerprint density at radius 2 is 1.84 bits per heavy atom. The van der Waals surface area contributed by atoms with Gasteiger partial charge in [-0.25, -0.2) is 9.29 Å². The maximum Gasteiger partial charge on any atom is 0.238 e. The van der Waals surface area contributed by atoms with E-state index in [9.17, 15) is 4.79 Å². The number of aromatic nitrogens is 1. The molecule has 0 saturated carbocycles. The van der Waals surface area contributed by atoms with Crippen molar-refractivity contribution in [1.29, 1.82) is 0 Å². The zero-order valence-corrected chi connectivity index (χ0v) is 21.0. The lowest BCUT2D eigenvalue weighted by Crippen LogP contribution is -2.46. The highest BCUT2D eigenvalue weighted by atomic mass is 35.5. The number of halogens is 2. The number of ether oxygens (including phenoxy) is 2. The molecular weight excluding hydrogens is 471 g/mol. The molecule has 1 N–H and O–H groups in total. The number of anilines is 1. The molecule has 7 nitrogen and oxygen atoms in total. The molecule has 3 rings (SSSR count). The van der Waals surface area contributed by atoms with E-state index in [0.717, 1.165) is 31.7 Å². The van der Waals surface area contributed by atoms with Crippen LogP contribution in [-0.4, -0.2) is 66.2 Å². The van der Waals surface area contributed by atoms with Crippen molar-refractivity contribution in [2.24, 2.45) is 0 Å². The van der Waals surface area contributed by atoms with Crippen molar-refractivity contribution in [1.82, 2.24) is 14.2 Å². The Morgan fingerprint density at radius 1 is 1.19 bits per heavy atom. The number of rotatable bonds is 8. The van der Waals surface area contributed by atoms with E-state index in [1.165, 1.54) is 0 Å². The van der Waals surface area contributed by atoms with E-state index in [0.29, 0.717) is 39.7 Å². The van der Waals surface area contributed by atoms with Crippen LogP contribution in [0.15, 0.2) is 24.4 Å². The lowest BCUT2D eigenvalue weighted by Gasteiger charge is -2.32. The van der Waals surface area contributed by atoms with E-state index in [2.05, 4.69) is 25.8 Å². The van der Waals surface area contributed by atoms with Crippen molar-refractivity contribution >= 4 is 46.7 Å². The van der Waals surface area contributed by atoms with E-state index in [4.69, 9.17) is 32.7 Å². The fourth-order valence-corrected chi connectivity index (χ4v) is 4.50. The van der Waals surface area contributed by atoms with Gasteiger partial charge in [-0.05, 0) is 30.4 Å². The van der Waals surface area contributed by atoms with Gasteiger partial charge in [0.15, 0.2) is 5.75 Å². The first-order valence-electron chi connectivity index (χ1n) is 10.3. The maximum absolute atomic E-state index is 12.5. The maximum atomic E-state index is 12.5. The summed E-state index contributed by atoms with van der Waals surface area (Å²) in [7, 11) is 1.58. The van der Waals surface area contributed by atoms with Crippen LogP contribution in [0.3, 0.4) is 0 Å². The van der Waals surface area contributed by atoms with Crippen LogP contribution in [0, 0.1) is 0 Å². The summed E-state index contributed by atoms with van der Waals surface area (Å²) in [6.07, 6.45) is 3.63. The molecule has 1 fully saturated rings. The molecule has 10 heteroatoms. The SMILES string of the molecule is COc1ncc(Oc2c(Cl)cc(NC(=O)CN3CCN(SC)CC3)cc2Cl)cc1C(C)C. The van der Waals surface area contributed by atoms with Gasteiger partial charge in [0.2, 0.25) is 11.8 Å². The van der Waals surface area contributed by atoms with Crippen LogP contribution in [0.25, 0.3) is 0 Å². The van der Waals surface area contributed by atoms with Crippen molar-refractivity contribution < 1.29 is 14.3 Å². The normalized spacial score (nSPS) is 15.1. The number of nitrogens with zero attached hydrogens (tertiary/aromatic N) is 3. The average Bonchev–Trinajstić information content (AvgIpc) is 2.76. The molecule has 0 unspecified atom stereocenters. The summed E-state index contributed by atoms with van der Waals surface area (Å²) in [4.78, 5) is 18.9. The quantitative estimate of drug-likeness (QED) is 0.504. The van der Waals surface area contributed by atoms with E-state index in [1.807, 2.05) is 19.9 Å². The largest absolute Gasteiger partial charge is 0.481 e. The molecule has 1 amide bonds. The predicted octanol–water partition coefficient (Wildman–Crippen LogP) is 5.15. The average molecular weight is 499 g/mol. The molecule has 2 heterocycles. The molecule has 2 aromatic rings. The Kier molecular flexibility index (Phi) is 8.90. The number of methoxy groups -OCH3 is 1. The standard InChI is InChI=1S/C22H28Cl2N4O3S/c1-14(2)17-11-16(12-25-22(17)30-3)31-21-18(23)9-15(10-19(21)24)26-20(29)13-27-5-7-28(32-4)8-6-27/h9-12,14H,5-8,13H2,1-4H3,(H,26,29). The molecule has 1 aromatic carbocycles. The lowest BCUT2D eigenvalue weighted by molar-refractivity contribution is -0.117. The van der Waals surface area contributed by atoms with E-state index in [1.54, 1.807) is 37.4 Å². The van der Waals surface area contributed by atoms with Crippen LogP contribution in [0.5, 0.6) is 17.4 Å². The summed E-state index contributed by atoms with van der Waals surface area (Å²) < 4.78 is 13.5. The number of hydrogen-bond acceptors (Lipinski definition) is 7.